The van der Waals surface area contributed by atoms with E-state index in [0.717, 1.165) is 0 Å². The van der Waals surface area contributed by atoms with Crippen LogP contribution in [-0.4, -0.2) is 15.9 Å². The molecule has 0 unspecified atom stereocenters. The molecule has 4 nitrogen and oxygen atoms in total. The monoisotopic (exact) mass is 156 g/mol. The lowest BCUT2D eigenvalue weighted by molar-refractivity contribution is 0.156. The van der Waals surface area contributed by atoms with Gasteiger partial charge in [-0.3, -0.25) is 4.52 Å². The van der Waals surface area contributed by atoms with Crippen LogP contribution in [0, 0.1) is 0 Å². The highest BCUT2D eigenvalue weighted by Gasteiger charge is 2.14. The summed E-state index contributed by atoms with van der Waals surface area (Å²) in [5, 5.41) is 0. The van der Waals surface area contributed by atoms with Gasteiger partial charge in [-0.05, 0) is 13.8 Å². The van der Waals surface area contributed by atoms with Gasteiger partial charge >= 0.3 is 7.82 Å². The van der Waals surface area contributed by atoms with Crippen molar-refractivity contribution in [3.05, 3.63) is 0 Å². The number of hydrogen-bond donors (Lipinski definition) is 2. The average molecular weight is 156 g/mol. The molecule has 0 fully saturated rings. The van der Waals surface area contributed by atoms with E-state index < -0.39 is 13.9 Å². The molecule has 0 heterocycles. The van der Waals surface area contributed by atoms with Crippen molar-refractivity contribution in [1.82, 2.24) is 0 Å². The second kappa shape index (κ2) is 4.01. The lowest BCUT2D eigenvalue weighted by atomic mass is 10.5. The standard InChI is InChI=1S/C3H9O4P.CH4/c1-3(2)7-8(4,5)6;/h3H,1-2H3,(H2,4,5,6);1H4. The zero-order valence-electron chi connectivity index (χ0n) is 4.74. The molecule has 0 bridgehead atoms. The van der Waals surface area contributed by atoms with Crippen molar-refractivity contribution < 1.29 is 18.9 Å². The molecule has 0 amide bonds. The fourth-order valence-electron chi connectivity index (χ4n) is 0.275. The fourth-order valence-corrected chi connectivity index (χ4v) is 0.824. The third-order valence-corrected chi connectivity index (χ3v) is 1.04. The van der Waals surface area contributed by atoms with Crippen LogP contribution in [0.1, 0.15) is 21.3 Å². The number of phosphoric ester groups is 1. The van der Waals surface area contributed by atoms with Crippen LogP contribution in [0.3, 0.4) is 0 Å². The van der Waals surface area contributed by atoms with E-state index in [0.29, 0.717) is 0 Å². The van der Waals surface area contributed by atoms with Gasteiger partial charge in [-0.25, -0.2) is 4.57 Å². The molecule has 0 aromatic rings. The summed E-state index contributed by atoms with van der Waals surface area (Å²) >= 11 is 0. The maximum absolute atomic E-state index is 9.91. The Morgan fingerprint density at radius 2 is 1.78 bits per heavy atom. The highest BCUT2D eigenvalue weighted by atomic mass is 31.2. The molecule has 0 aromatic heterocycles. The molecule has 0 spiro atoms. The minimum Gasteiger partial charge on any atom is -0.303 e. The van der Waals surface area contributed by atoms with Crippen molar-refractivity contribution in [3.8, 4) is 0 Å². The van der Waals surface area contributed by atoms with Crippen LogP contribution in [-0.2, 0) is 9.09 Å². The minimum absolute atomic E-state index is 0. The number of hydrogen-bond acceptors (Lipinski definition) is 2. The van der Waals surface area contributed by atoms with E-state index in [4.69, 9.17) is 9.79 Å². The van der Waals surface area contributed by atoms with E-state index in [1.807, 2.05) is 0 Å². The summed E-state index contributed by atoms with van der Waals surface area (Å²) in [4.78, 5) is 16.2. The third kappa shape index (κ3) is 11.6. The highest BCUT2D eigenvalue weighted by molar-refractivity contribution is 7.46. The van der Waals surface area contributed by atoms with Crippen LogP contribution < -0.4 is 0 Å². The van der Waals surface area contributed by atoms with E-state index in [2.05, 4.69) is 4.52 Å². The van der Waals surface area contributed by atoms with Gasteiger partial charge in [0, 0.05) is 0 Å². The zero-order chi connectivity index (χ0) is 6.78. The third-order valence-electron chi connectivity index (χ3n) is 0.348. The van der Waals surface area contributed by atoms with Gasteiger partial charge in [-0.2, -0.15) is 0 Å². The van der Waals surface area contributed by atoms with Crippen molar-refractivity contribution in [2.75, 3.05) is 0 Å². The molecule has 0 aliphatic carbocycles. The van der Waals surface area contributed by atoms with Crippen molar-refractivity contribution in [2.45, 2.75) is 27.4 Å². The first kappa shape index (κ1) is 11.9. The summed E-state index contributed by atoms with van der Waals surface area (Å²) < 4.78 is 14.0. The van der Waals surface area contributed by atoms with Gasteiger partial charge in [-0.1, -0.05) is 7.43 Å². The molecule has 0 aliphatic rings. The van der Waals surface area contributed by atoms with E-state index in [1.165, 1.54) is 0 Å². The van der Waals surface area contributed by atoms with Crippen LogP contribution in [0.2, 0.25) is 0 Å². The molecule has 5 heteroatoms. The SMILES string of the molecule is C.CC(C)OP(=O)(O)O. The molecule has 0 saturated heterocycles. The highest BCUT2D eigenvalue weighted by Crippen LogP contribution is 2.37. The largest absolute Gasteiger partial charge is 0.469 e. The normalized spacial score (nSPS) is 11.2. The van der Waals surface area contributed by atoms with E-state index in [-0.39, 0.29) is 7.43 Å². The van der Waals surface area contributed by atoms with Gasteiger partial charge in [0.1, 0.15) is 0 Å². The Morgan fingerprint density at radius 1 is 1.44 bits per heavy atom. The molecular formula is C4H13O4P. The summed E-state index contributed by atoms with van der Waals surface area (Å²) in [6.45, 7) is 3.11. The first-order chi connectivity index (χ1) is 3.42. The molecule has 0 aromatic carbocycles. The molecule has 2 N–H and O–H groups in total. The molecule has 0 radical (unpaired) electrons. The molecule has 58 valence electrons. The van der Waals surface area contributed by atoms with Crippen molar-refractivity contribution >= 4 is 7.82 Å². The van der Waals surface area contributed by atoms with Gasteiger partial charge in [0.25, 0.3) is 0 Å². The van der Waals surface area contributed by atoms with Crippen molar-refractivity contribution in [2.24, 2.45) is 0 Å². The second-order valence-electron chi connectivity index (χ2n) is 1.64. The van der Waals surface area contributed by atoms with Crippen LogP contribution in [0.4, 0.5) is 0 Å². The quantitative estimate of drug-likeness (QED) is 0.588. The van der Waals surface area contributed by atoms with Crippen molar-refractivity contribution in [3.63, 3.8) is 0 Å². The second-order valence-corrected chi connectivity index (χ2v) is 2.84. The summed E-state index contributed by atoms with van der Waals surface area (Å²) in [5.74, 6) is 0. The summed E-state index contributed by atoms with van der Waals surface area (Å²) in [6.07, 6.45) is -0.421. The number of phosphoric acid groups is 1. The molecular weight excluding hydrogens is 143 g/mol. The van der Waals surface area contributed by atoms with Crippen LogP contribution >= 0.6 is 7.82 Å². The first-order valence-electron chi connectivity index (χ1n) is 2.16. The maximum atomic E-state index is 9.91. The van der Waals surface area contributed by atoms with Crippen LogP contribution in [0.15, 0.2) is 0 Å². The van der Waals surface area contributed by atoms with Gasteiger partial charge in [0.05, 0.1) is 6.10 Å². The van der Waals surface area contributed by atoms with E-state index >= 15 is 0 Å². The molecule has 0 rings (SSSR count). The molecule has 0 saturated carbocycles. The minimum atomic E-state index is -4.22. The van der Waals surface area contributed by atoms with Gasteiger partial charge < -0.3 is 9.79 Å². The zero-order valence-corrected chi connectivity index (χ0v) is 5.63. The van der Waals surface area contributed by atoms with Gasteiger partial charge in [0.15, 0.2) is 0 Å². The predicted octanol–water partition coefficient (Wildman–Crippen LogP) is 1.14. The number of rotatable bonds is 2. The van der Waals surface area contributed by atoms with Crippen molar-refractivity contribution in [1.29, 1.82) is 0 Å². The Bertz CT molecular complexity index is 105. The average Bonchev–Trinajstić information content (AvgIpc) is 1.21. The summed E-state index contributed by atoms with van der Waals surface area (Å²) in [7, 11) is -4.22. The topological polar surface area (TPSA) is 66.8 Å². The predicted molar refractivity (Wildman–Crippen MR) is 35.0 cm³/mol. The van der Waals surface area contributed by atoms with Gasteiger partial charge in [0.2, 0.25) is 0 Å². The Kier molecular flexibility index (Phi) is 5.28. The lowest BCUT2D eigenvalue weighted by Crippen LogP contribution is -1.98. The Morgan fingerprint density at radius 3 is 1.78 bits per heavy atom. The first-order valence-corrected chi connectivity index (χ1v) is 3.69. The molecule has 9 heavy (non-hydrogen) atoms. The van der Waals surface area contributed by atoms with E-state index in [1.54, 1.807) is 13.8 Å². The Balaban J connectivity index is 0. The van der Waals surface area contributed by atoms with Gasteiger partial charge in [-0.15, -0.1) is 0 Å². The summed E-state index contributed by atoms with van der Waals surface area (Å²) in [6, 6.07) is 0. The Labute approximate surface area is 55.1 Å². The fraction of sp³-hybridized carbons (Fsp3) is 1.00. The Hall–Kier alpha value is 0.110. The van der Waals surface area contributed by atoms with E-state index in [9.17, 15) is 4.57 Å². The van der Waals surface area contributed by atoms with Crippen LogP contribution in [0.5, 0.6) is 0 Å². The van der Waals surface area contributed by atoms with Crippen LogP contribution in [0.25, 0.3) is 0 Å². The summed E-state index contributed by atoms with van der Waals surface area (Å²) in [5.41, 5.74) is 0. The maximum Gasteiger partial charge on any atom is 0.469 e. The smallest absolute Gasteiger partial charge is 0.303 e. The molecule has 0 aliphatic heterocycles. The lowest BCUT2D eigenvalue weighted by Gasteiger charge is -2.06. The molecule has 0 atom stereocenters.